The van der Waals surface area contributed by atoms with Crippen LogP contribution in [0.1, 0.15) is 49.7 Å². The van der Waals surface area contributed by atoms with Gasteiger partial charge < -0.3 is 15.9 Å². The van der Waals surface area contributed by atoms with E-state index < -0.39 is 0 Å². The van der Waals surface area contributed by atoms with Gasteiger partial charge in [-0.2, -0.15) is 0 Å². The second kappa shape index (κ2) is 15.3. The summed E-state index contributed by atoms with van der Waals surface area (Å²) in [5.74, 6) is 0. The quantitative estimate of drug-likeness (QED) is 0.463. The van der Waals surface area contributed by atoms with E-state index in [1.54, 1.807) is 0 Å². The van der Waals surface area contributed by atoms with E-state index >= 15 is 0 Å². The van der Waals surface area contributed by atoms with Crippen LogP contribution in [-0.4, -0.2) is 51.9 Å². The molecule has 194 valence electrons. The molecule has 0 atom stereocenters. The SMILES string of the molecule is Cl.Cl.O.O.c1ccc(-c2[nH]c(-c3ccccc3)c(CN3CCCCC3)c2CN2CCCCC2)cc1. The number of likely N-dealkylation sites (tertiary alicyclic amines) is 2. The summed E-state index contributed by atoms with van der Waals surface area (Å²) in [5, 5.41) is 0. The molecule has 2 aliphatic rings. The van der Waals surface area contributed by atoms with Crippen LogP contribution in [0.15, 0.2) is 60.7 Å². The van der Waals surface area contributed by atoms with Gasteiger partial charge >= 0.3 is 0 Å². The van der Waals surface area contributed by atoms with Crippen molar-refractivity contribution in [3.63, 3.8) is 0 Å². The number of rotatable bonds is 6. The van der Waals surface area contributed by atoms with Crippen molar-refractivity contribution in [3.8, 4) is 22.5 Å². The molecule has 3 heterocycles. The predicted molar refractivity (Wildman–Crippen MR) is 152 cm³/mol. The number of halogens is 2. The van der Waals surface area contributed by atoms with Crippen LogP contribution in [0.5, 0.6) is 0 Å². The topological polar surface area (TPSA) is 85.3 Å². The lowest BCUT2D eigenvalue weighted by Crippen LogP contribution is -2.31. The third-order valence-corrected chi connectivity index (χ3v) is 7.00. The van der Waals surface area contributed by atoms with Crippen LogP contribution in [-0.2, 0) is 13.1 Å². The third kappa shape index (κ3) is 7.56. The summed E-state index contributed by atoms with van der Waals surface area (Å²) in [5.41, 5.74) is 8.26. The Morgan fingerprint density at radius 2 is 0.857 bits per heavy atom. The van der Waals surface area contributed by atoms with Gasteiger partial charge in [0.25, 0.3) is 0 Å². The van der Waals surface area contributed by atoms with Gasteiger partial charge in [-0.3, -0.25) is 9.80 Å². The summed E-state index contributed by atoms with van der Waals surface area (Å²) in [6, 6.07) is 21.9. The van der Waals surface area contributed by atoms with Crippen molar-refractivity contribution in [3.05, 3.63) is 71.8 Å². The van der Waals surface area contributed by atoms with Crippen LogP contribution in [0, 0.1) is 0 Å². The first-order valence-electron chi connectivity index (χ1n) is 12.2. The predicted octanol–water partition coefficient (Wildman–Crippen LogP) is 5.51. The largest absolute Gasteiger partial charge is 0.412 e. The minimum absolute atomic E-state index is 0. The molecule has 7 heteroatoms. The number of nitrogens with one attached hydrogen (secondary N) is 1. The molecule has 5 N–H and O–H groups in total. The van der Waals surface area contributed by atoms with E-state index in [1.807, 2.05) is 0 Å². The first-order chi connectivity index (χ1) is 15.4. The second-order valence-corrected chi connectivity index (χ2v) is 9.24. The molecular formula is C28H41Cl2N3O2. The highest BCUT2D eigenvalue weighted by Gasteiger charge is 2.24. The Labute approximate surface area is 222 Å². The molecule has 0 unspecified atom stereocenters. The number of aromatic nitrogens is 1. The van der Waals surface area contributed by atoms with Crippen molar-refractivity contribution >= 4 is 24.8 Å². The lowest BCUT2D eigenvalue weighted by Gasteiger charge is -2.29. The van der Waals surface area contributed by atoms with Crippen molar-refractivity contribution in [1.29, 1.82) is 0 Å². The molecule has 2 saturated heterocycles. The van der Waals surface area contributed by atoms with E-state index in [9.17, 15) is 0 Å². The van der Waals surface area contributed by atoms with Gasteiger partial charge in [0.2, 0.25) is 0 Å². The number of H-pyrrole nitrogens is 1. The molecule has 0 radical (unpaired) electrons. The average molecular weight is 523 g/mol. The Bertz CT molecular complexity index is 893. The highest BCUT2D eigenvalue weighted by atomic mass is 35.5. The van der Waals surface area contributed by atoms with Gasteiger partial charge in [0, 0.05) is 13.1 Å². The molecule has 0 amide bonds. The Kier molecular flexibility index (Phi) is 13.6. The smallest absolute Gasteiger partial charge is 0.0507 e. The summed E-state index contributed by atoms with van der Waals surface area (Å²) >= 11 is 0. The summed E-state index contributed by atoms with van der Waals surface area (Å²) in [4.78, 5) is 9.26. The second-order valence-electron chi connectivity index (χ2n) is 9.24. The molecule has 35 heavy (non-hydrogen) atoms. The molecule has 1 aromatic heterocycles. The van der Waals surface area contributed by atoms with Crippen molar-refractivity contribution in [2.45, 2.75) is 51.6 Å². The molecule has 2 fully saturated rings. The fourth-order valence-corrected chi connectivity index (χ4v) is 5.31. The minimum atomic E-state index is 0. The fourth-order valence-electron chi connectivity index (χ4n) is 5.31. The molecule has 5 rings (SSSR count). The first-order valence-corrected chi connectivity index (χ1v) is 12.2. The fraction of sp³-hybridized carbons (Fsp3) is 0.429. The number of aromatic amines is 1. The van der Waals surface area contributed by atoms with Crippen molar-refractivity contribution in [2.24, 2.45) is 0 Å². The van der Waals surface area contributed by atoms with Gasteiger partial charge in [0.1, 0.15) is 0 Å². The Morgan fingerprint density at radius 3 is 1.20 bits per heavy atom. The molecule has 0 saturated carbocycles. The van der Waals surface area contributed by atoms with Crippen molar-refractivity contribution < 1.29 is 11.0 Å². The van der Waals surface area contributed by atoms with E-state index in [-0.39, 0.29) is 35.8 Å². The van der Waals surface area contributed by atoms with E-state index in [0.717, 1.165) is 13.1 Å². The number of benzene rings is 2. The van der Waals surface area contributed by atoms with Crippen molar-refractivity contribution in [2.75, 3.05) is 26.2 Å². The molecule has 2 aliphatic heterocycles. The van der Waals surface area contributed by atoms with Crippen LogP contribution in [0.4, 0.5) is 0 Å². The summed E-state index contributed by atoms with van der Waals surface area (Å²) in [7, 11) is 0. The third-order valence-electron chi connectivity index (χ3n) is 7.00. The number of hydrogen-bond donors (Lipinski definition) is 1. The minimum Gasteiger partial charge on any atom is -0.412 e. The Balaban J connectivity index is 0.00000153. The van der Waals surface area contributed by atoms with Crippen LogP contribution < -0.4 is 0 Å². The van der Waals surface area contributed by atoms with E-state index in [0.29, 0.717) is 0 Å². The number of nitrogens with zero attached hydrogens (tertiary/aromatic N) is 2. The maximum atomic E-state index is 3.91. The molecular weight excluding hydrogens is 481 g/mol. The summed E-state index contributed by atoms with van der Waals surface area (Å²) in [6.45, 7) is 7.01. The average Bonchev–Trinajstić information content (AvgIpc) is 3.19. The van der Waals surface area contributed by atoms with E-state index in [1.165, 1.54) is 98.3 Å². The number of piperidine rings is 2. The Morgan fingerprint density at radius 1 is 0.514 bits per heavy atom. The van der Waals surface area contributed by atoms with Crippen molar-refractivity contribution in [1.82, 2.24) is 14.8 Å². The van der Waals surface area contributed by atoms with Crippen LogP contribution in [0.2, 0.25) is 0 Å². The van der Waals surface area contributed by atoms with Gasteiger partial charge in [-0.1, -0.05) is 73.5 Å². The van der Waals surface area contributed by atoms with Crippen LogP contribution in [0.25, 0.3) is 22.5 Å². The zero-order valence-corrected chi connectivity index (χ0v) is 22.1. The summed E-state index contributed by atoms with van der Waals surface area (Å²) in [6.07, 6.45) is 8.09. The van der Waals surface area contributed by atoms with Gasteiger partial charge in [-0.15, -0.1) is 24.8 Å². The maximum Gasteiger partial charge on any atom is 0.0507 e. The molecule has 0 bridgehead atoms. The lowest BCUT2D eigenvalue weighted by atomic mass is 9.98. The highest BCUT2D eigenvalue weighted by molar-refractivity contribution is 5.85. The molecule has 2 aromatic carbocycles. The normalized spacial score (nSPS) is 16.2. The zero-order chi connectivity index (χ0) is 20.9. The molecule has 0 aliphatic carbocycles. The molecule has 0 spiro atoms. The van der Waals surface area contributed by atoms with Crippen LogP contribution >= 0.6 is 24.8 Å². The summed E-state index contributed by atoms with van der Waals surface area (Å²) < 4.78 is 0. The van der Waals surface area contributed by atoms with E-state index in [2.05, 4.69) is 75.4 Å². The van der Waals surface area contributed by atoms with Crippen LogP contribution in [0.3, 0.4) is 0 Å². The van der Waals surface area contributed by atoms with Gasteiger partial charge in [0.05, 0.1) is 11.4 Å². The highest BCUT2D eigenvalue weighted by Crippen LogP contribution is 2.36. The van der Waals surface area contributed by atoms with Gasteiger partial charge in [-0.05, 0) is 74.1 Å². The monoisotopic (exact) mass is 521 g/mol. The number of hydrogen-bond acceptors (Lipinski definition) is 2. The van der Waals surface area contributed by atoms with Gasteiger partial charge in [-0.25, -0.2) is 0 Å². The maximum absolute atomic E-state index is 3.91. The molecule has 3 aromatic rings. The zero-order valence-electron chi connectivity index (χ0n) is 20.5. The standard InChI is InChI=1S/C28H35N3.2ClH.2H2O/c1-5-13-23(14-6-1)27-25(21-30-17-9-3-10-18-30)26(22-31-19-11-4-12-20-31)28(29-27)24-15-7-2-8-16-24;;;;/h1-2,5-8,13-16,29H,3-4,9-12,17-22H2;2*1H;2*1H2. The molecule has 5 nitrogen and oxygen atoms in total. The Hall–Kier alpha value is -1.86. The lowest BCUT2D eigenvalue weighted by molar-refractivity contribution is 0.210. The first kappa shape index (κ1) is 31.2. The van der Waals surface area contributed by atoms with E-state index in [4.69, 9.17) is 0 Å². The van der Waals surface area contributed by atoms with Gasteiger partial charge in [0.15, 0.2) is 0 Å².